The topological polar surface area (TPSA) is 64.6 Å². The SMILES string of the molecule is O=C(COC(=O)C=Cc1ccc(OCc2c(Cl)cccc2Cl)cc1)Nc1cccc(Cl)c1. The summed E-state index contributed by atoms with van der Waals surface area (Å²) in [4.78, 5) is 23.7. The number of carbonyl (C=O) groups excluding carboxylic acids is 2. The lowest BCUT2D eigenvalue weighted by Crippen LogP contribution is -2.20. The summed E-state index contributed by atoms with van der Waals surface area (Å²) in [5.41, 5.74) is 1.99. The molecule has 0 saturated carbocycles. The van der Waals surface area contributed by atoms with Crippen molar-refractivity contribution in [3.05, 3.63) is 99.0 Å². The quantitative estimate of drug-likeness (QED) is 0.292. The van der Waals surface area contributed by atoms with Gasteiger partial charge >= 0.3 is 5.97 Å². The zero-order valence-corrected chi connectivity index (χ0v) is 19.0. The highest BCUT2D eigenvalue weighted by Gasteiger charge is 2.07. The van der Waals surface area contributed by atoms with Crippen LogP contribution in [0.15, 0.2) is 72.8 Å². The molecule has 0 bridgehead atoms. The van der Waals surface area contributed by atoms with E-state index in [0.29, 0.717) is 32.1 Å². The maximum absolute atomic E-state index is 11.9. The van der Waals surface area contributed by atoms with Gasteiger partial charge in [0.2, 0.25) is 0 Å². The molecule has 5 nitrogen and oxygen atoms in total. The smallest absolute Gasteiger partial charge is 0.331 e. The molecule has 0 aliphatic heterocycles. The number of ether oxygens (including phenoxy) is 2. The number of amides is 1. The Labute approximate surface area is 200 Å². The fourth-order valence-corrected chi connectivity index (χ4v) is 3.31. The van der Waals surface area contributed by atoms with E-state index in [1.807, 2.05) is 0 Å². The van der Waals surface area contributed by atoms with Crippen molar-refractivity contribution < 1.29 is 19.1 Å². The van der Waals surface area contributed by atoms with Gasteiger partial charge in [-0.2, -0.15) is 0 Å². The van der Waals surface area contributed by atoms with Crippen LogP contribution in [0.25, 0.3) is 6.08 Å². The summed E-state index contributed by atoms with van der Waals surface area (Å²) in [5, 5.41) is 4.16. The molecule has 1 N–H and O–H groups in total. The summed E-state index contributed by atoms with van der Waals surface area (Å²) in [6, 6.07) is 19.0. The van der Waals surface area contributed by atoms with Gasteiger partial charge in [-0.25, -0.2) is 4.79 Å². The molecule has 0 aliphatic rings. The van der Waals surface area contributed by atoms with Crippen LogP contribution in [0.5, 0.6) is 5.75 Å². The van der Waals surface area contributed by atoms with Gasteiger partial charge in [-0.15, -0.1) is 0 Å². The van der Waals surface area contributed by atoms with Crippen molar-refractivity contribution in [3.63, 3.8) is 0 Å². The zero-order valence-electron chi connectivity index (χ0n) is 16.7. The van der Waals surface area contributed by atoms with Crippen LogP contribution in [0.4, 0.5) is 5.69 Å². The molecule has 0 heterocycles. The van der Waals surface area contributed by atoms with Crippen molar-refractivity contribution in [2.45, 2.75) is 6.61 Å². The van der Waals surface area contributed by atoms with E-state index in [1.54, 1.807) is 72.8 Å². The molecule has 1 amide bonds. The van der Waals surface area contributed by atoms with E-state index >= 15 is 0 Å². The van der Waals surface area contributed by atoms with Crippen LogP contribution in [0.3, 0.4) is 0 Å². The number of carbonyl (C=O) groups is 2. The first-order chi connectivity index (χ1) is 15.4. The van der Waals surface area contributed by atoms with Crippen LogP contribution < -0.4 is 10.1 Å². The van der Waals surface area contributed by atoms with Gasteiger partial charge < -0.3 is 14.8 Å². The Morgan fingerprint density at radius 3 is 2.28 bits per heavy atom. The second kappa shape index (κ2) is 11.6. The lowest BCUT2D eigenvalue weighted by atomic mass is 10.2. The largest absolute Gasteiger partial charge is 0.489 e. The number of anilines is 1. The van der Waals surface area contributed by atoms with Gasteiger partial charge in [0, 0.05) is 32.4 Å². The summed E-state index contributed by atoms with van der Waals surface area (Å²) in [7, 11) is 0. The van der Waals surface area contributed by atoms with Crippen molar-refractivity contribution in [2.75, 3.05) is 11.9 Å². The molecular weight excluding hydrogens is 473 g/mol. The lowest BCUT2D eigenvalue weighted by molar-refractivity contribution is -0.142. The number of hydrogen-bond acceptors (Lipinski definition) is 4. The number of nitrogens with one attached hydrogen (secondary N) is 1. The number of benzene rings is 3. The van der Waals surface area contributed by atoms with Gasteiger partial charge in [-0.1, -0.05) is 59.1 Å². The molecule has 0 radical (unpaired) electrons. The van der Waals surface area contributed by atoms with E-state index < -0.39 is 18.5 Å². The monoisotopic (exact) mass is 489 g/mol. The third kappa shape index (κ3) is 7.31. The molecule has 3 aromatic rings. The van der Waals surface area contributed by atoms with E-state index in [2.05, 4.69) is 5.32 Å². The molecule has 0 fully saturated rings. The second-order valence-electron chi connectivity index (χ2n) is 6.56. The average molecular weight is 491 g/mol. The van der Waals surface area contributed by atoms with E-state index in [1.165, 1.54) is 6.08 Å². The molecule has 0 spiro atoms. The fraction of sp³-hybridized carbons (Fsp3) is 0.0833. The number of esters is 1. The van der Waals surface area contributed by atoms with Crippen LogP contribution >= 0.6 is 34.8 Å². The maximum atomic E-state index is 11.9. The molecule has 164 valence electrons. The normalized spacial score (nSPS) is 10.7. The first-order valence-corrected chi connectivity index (χ1v) is 10.6. The third-order valence-corrected chi connectivity index (χ3v) is 5.13. The minimum absolute atomic E-state index is 0.233. The van der Waals surface area contributed by atoms with E-state index in [0.717, 1.165) is 5.56 Å². The Balaban J connectivity index is 1.45. The summed E-state index contributed by atoms with van der Waals surface area (Å²) >= 11 is 18.1. The molecule has 32 heavy (non-hydrogen) atoms. The Hall–Kier alpha value is -2.99. The molecule has 0 unspecified atom stereocenters. The highest BCUT2D eigenvalue weighted by atomic mass is 35.5. The Kier molecular flexibility index (Phi) is 8.56. The predicted molar refractivity (Wildman–Crippen MR) is 127 cm³/mol. The minimum Gasteiger partial charge on any atom is -0.489 e. The first kappa shape index (κ1) is 23.7. The van der Waals surface area contributed by atoms with Crippen molar-refractivity contribution >= 4 is 58.4 Å². The zero-order chi connectivity index (χ0) is 22.9. The Bertz CT molecular complexity index is 1110. The molecule has 0 aromatic heterocycles. The first-order valence-electron chi connectivity index (χ1n) is 9.47. The van der Waals surface area contributed by atoms with Gasteiger partial charge in [0.25, 0.3) is 5.91 Å². The van der Waals surface area contributed by atoms with Crippen LogP contribution in [-0.4, -0.2) is 18.5 Å². The Morgan fingerprint density at radius 2 is 1.59 bits per heavy atom. The van der Waals surface area contributed by atoms with E-state index in [9.17, 15) is 9.59 Å². The second-order valence-corrected chi connectivity index (χ2v) is 7.81. The third-order valence-electron chi connectivity index (χ3n) is 4.19. The van der Waals surface area contributed by atoms with Crippen molar-refractivity contribution in [1.82, 2.24) is 0 Å². The number of hydrogen-bond donors (Lipinski definition) is 1. The van der Waals surface area contributed by atoms with Gasteiger partial charge in [0.05, 0.1) is 0 Å². The van der Waals surface area contributed by atoms with Gasteiger partial charge in [0.15, 0.2) is 6.61 Å². The molecule has 0 atom stereocenters. The number of rotatable bonds is 8. The van der Waals surface area contributed by atoms with Crippen LogP contribution in [-0.2, 0) is 20.9 Å². The molecular formula is C24H18Cl3NO4. The number of halogens is 3. The summed E-state index contributed by atoms with van der Waals surface area (Å²) < 4.78 is 10.7. The van der Waals surface area contributed by atoms with E-state index in [4.69, 9.17) is 44.3 Å². The predicted octanol–water partition coefficient (Wildman–Crippen LogP) is 6.42. The highest BCUT2D eigenvalue weighted by molar-refractivity contribution is 6.36. The van der Waals surface area contributed by atoms with Crippen molar-refractivity contribution in [3.8, 4) is 5.75 Å². The molecule has 8 heteroatoms. The standard InChI is InChI=1S/C24H18Cl3NO4/c25-17-3-1-4-18(13-17)28-23(29)15-32-24(30)12-9-16-7-10-19(11-8-16)31-14-20-21(26)5-2-6-22(20)27/h1-13H,14-15H2,(H,28,29). The molecule has 0 aliphatic carbocycles. The van der Waals surface area contributed by atoms with Gasteiger partial charge in [0.1, 0.15) is 12.4 Å². The van der Waals surface area contributed by atoms with E-state index in [-0.39, 0.29) is 6.61 Å². The van der Waals surface area contributed by atoms with Crippen molar-refractivity contribution in [2.24, 2.45) is 0 Å². The van der Waals surface area contributed by atoms with Gasteiger partial charge in [-0.3, -0.25) is 4.79 Å². The fourth-order valence-electron chi connectivity index (χ4n) is 2.61. The van der Waals surface area contributed by atoms with Gasteiger partial charge in [-0.05, 0) is 54.1 Å². The molecule has 3 rings (SSSR count). The average Bonchev–Trinajstić information content (AvgIpc) is 2.77. The van der Waals surface area contributed by atoms with Crippen LogP contribution in [0.1, 0.15) is 11.1 Å². The van der Waals surface area contributed by atoms with Crippen LogP contribution in [0.2, 0.25) is 15.1 Å². The summed E-state index contributed by atoms with van der Waals surface area (Å²) in [5.74, 6) is -0.479. The minimum atomic E-state index is -0.639. The summed E-state index contributed by atoms with van der Waals surface area (Å²) in [6.07, 6.45) is 2.82. The summed E-state index contributed by atoms with van der Waals surface area (Å²) in [6.45, 7) is -0.176. The lowest BCUT2D eigenvalue weighted by Gasteiger charge is -2.09. The molecule has 0 saturated heterocycles. The Morgan fingerprint density at radius 1 is 0.906 bits per heavy atom. The highest BCUT2D eigenvalue weighted by Crippen LogP contribution is 2.26. The maximum Gasteiger partial charge on any atom is 0.331 e. The van der Waals surface area contributed by atoms with Crippen LogP contribution in [0, 0.1) is 0 Å². The molecule has 3 aromatic carbocycles. The van der Waals surface area contributed by atoms with Crippen molar-refractivity contribution in [1.29, 1.82) is 0 Å².